The van der Waals surface area contributed by atoms with Crippen LogP contribution in [0.1, 0.15) is 37.4 Å². The number of hydrogen-bond donors (Lipinski definition) is 1. The molecule has 1 atom stereocenters. The summed E-state index contributed by atoms with van der Waals surface area (Å²) >= 11 is 0. The molecule has 0 aliphatic carbocycles. The number of carbonyl (C=O) groups is 2. The first-order valence-corrected chi connectivity index (χ1v) is 11.4. The lowest BCUT2D eigenvalue weighted by atomic mass is 9.95. The summed E-state index contributed by atoms with van der Waals surface area (Å²) in [5.74, 6) is -1.23. The van der Waals surface area contributed by atoms with Gasteiger partial charge in [-0.3, -0.25) is 9.59 Å². The smallest absolute Gasteiger partial charge is 0.295 e. The summed E-state index contributed by atoms with van der Waals surface area (Å²) in [4.78, 5) is 29.6. The molecule has 8 heteroatoms. The Hall–Kier alpha value is -3.39. The average molecular weight is 471 g/mol. The number of hydrogen-bond acceptors (Lipinski definition) is 6. The Bertz CT molecular complexity index is 1070. The summed E-state index contributed by atoms with van der Waals surface area (Å²) in [5, 5.41) is 11.1. The summed E-state index contributed by atoms with van der Waals surface area (Å²) in [6, 6.07) is 9.57. The van der Waals surface area contributed by atoms with Crippen LogP contribution in [0.5, 0.6) is 11.5 Å². The molecule has 2 aromatic rings. The van der Waals surface area contributed by atoms with Gasteiger partial charge in [0.1, 0.15) is 11.6 Å². The number of halogens is 1. The minimum absolute atomic E-state index is 0.0342. The van der Waals surface area contributed by atoms with Crippen molar-refractivity contribution in [2.75, 3.05) is 40.4 Å². The van der Waals surface area contributed by atoms with Crippen molar-refractivity contribution in [2.45, 2.75) is 26.3 Å². The van der Waals surface area contributed by atoms with Crippen LogP contribution in [0.4, 0.5) is 4.39 Å². The molecule has 3 rings (SSSR count). The Kier molecular flexibility index (Phi) is 8.28. The van der Waals surface area contributed by atoms with Crippen molar-refractivity contribution in [1.82, 2.24) is 9.80 Å². The summed E-state index contributed by atoms with van der Waals surface area (Å²) in [6.07, 6.45) is 0.641. The summed E-state index contributed by atoms with van der Waals surface area (Å²) in [5.41, 5.74) is 0.835. The van der Waals surface area contributed by atoms with E-state index in [4.69, 9.17) is 9.47 Å². The highest BCUT2D eigenvalue weighted by molar-refractivity contribution is 6.46. The van der Waals surface area contributed by atoms with Gasteiger partial charge in [-0.05, 0) is 82.9 Å². The van der Waals surface area contributed by atoms with Crippen molar-refractivity contribution in [3.05, 3.63) is 65.0 Å². The normalized spacial score (nSPS) is 17.5. The van der Waals surface area contributed by atoms with Gasteiger partial charge in [-0.2, -0.15) is 0 Å². The molecule has 0 aromatic heterocycles. The monoisotopic (exact) mass is 470 g/mol. The van der Waals surface area contributed by atoms with Gasteiger partial charge >= 0.3 is 0 Å². The quantitative estimate of drug-likeness (QED) is 0.321. The Morgan fingerprint density at radius 2 is 1.68 bits per heavy atom. The predicted molar refractivity (Wildman–Crippen MR) is 127 cm³/mol. The number of ketones is 1. The van der Waals surface area contributed by atoms with Crippen molar-refractivity contribution >= 4 is 17.4 Å². The zero-order valence-electron chi connectivity index (χ0n) is 20.0. The van der Waals surface area contributed by atoms with E-state index in [1.54, 1.807) is 18.2 Å². The first kappa shape index (κ1) is 25.2. The fraction of sp³-hybridized carbons (Fsp3) is 0.385. The fourth-order valence-electron chi connectivity index (χ4n) is 4.02. The topological polar surface area (TPSA) is 79.3 Å². The predicted octanol–water partition coefficient (Wildman–Crippen LogP) is 4.00. The molecule has 0 radical (unpaired) electrons. The van der Waals surface area contributed by atoms with Crippen LogP contribution in [0.3, 0.4) is 0 Å². The summed E-state index contributed by atoms with van der Waals surface area (Å²) in [6.45, 7) is 5.62. The molecule has 34 heavy (non-hydrogen) atoms. The zero-order valence-corrected chi connectivity index (χ0v) is 20.0. The van der Waals surface area contributed by atoms with Gasteiger partial charge in [-0.25, -0.2) is 4.39 Å². The maximum Gasteiger partial charge on any atom is 0.295 e. The number of ether oxygens (including phenoxy) is 2. The van der Waals surface area contributed by atoms with E-state index < -0.39 is 23.5 Å². The Labute approximate surface area is 199 Å². The van der Waals surface area contributed by atoms with Crippen LogP contribution < -0.4 is 9.47 Å². The average Bonchev–Trinajstić information content (AvgIpc) is 3.05. The first-order valence-electron chi connectivity index (χ1n) is 11.4. The van der Waals surface area contributed by atoms with E-state index >= 15 is 0 Å². The lowest BCUT2D eigenvalue weighted by Crippen LogP contribution is -2.32. The van der Waals surface area contributed by atoms with Crippen molar-refractivity contribution in [1.29, 1.82) is 0 Å². The lowest BCUT2D eigenvalue weighted by molar-refractivity contribution is -0.139. The lowest BCUT2D eigenvalue weighted by Gasteiger charge is -2.26. The maximum absolute atomic E-state index is 13.4. The van der Waals surface area contributed by atoms with Gasteiger partial charge < -0.3 is 24.4 Å². The molecule has 1 amide bonds. The molecular weight excluding hydrogens is 439 g/mol. The van der Waals surface area contributed by atoms with Crippen molar-refractivity contribution < 1.29 is 28.6 Å². The number of benzene rings is 2. The van der Waals surface area contributed by atoms with Crippen LogP contribution in [-0.2, 0) is 9.59 Å². The highest BCUT2D eigenvalue weighted by Gasteiger charge is 2.46. The van der Waals surface area contributed by atoms with Crippen molar-refractivity contribution in [3.63, 3.8) is 0 Å². The second-order valence-corrected chi connectivity index (χ2v) is 8.23. The molecule has 0 saturated carbocycles. The molecule has 1 N–H and O–H groups in total. The number of aliphatic hydroxyl groups is 1. The fourth-order valence-corrected chi connectivity index (χ4v) is 4.02. The van der Waals surface area contributed by atoms with E-state index in [2.05, 4.69) is 0 Å². The molecule has 0 bridgehead atoms. The third-order valence-electron chi connectivity index (χ3n) is 5.55. The number of amides is 1. The van der Waals surface area contributed by atoms with E-state index in [1.807, 2.05) is 32.8 Å². The summed E-state index contributed by atoms with van der Waals surface area (Å²) in [7, 11) is 3.86. The van der Waals surface area contributed by atoms with Crippen LogP contribution in [0.15, 0.2) is 48.0 Å². The van der Waals surface area contributed by atoms with E-state index in [0.717, 1.165) is 6.54 Å². The molecule has 0 unspecified atom stereocenters. The van der Waals surface area contributed by atoms with E-state index in [9.17, 15) is 19.1 Å². The standard InChI is InChI=1S/C26H31FN2O5/c1-5-33-20-13-10-18(16-21(20)34-6-2)23-22(24(30)17-8-11-19(27)12-9-17)25(31)26(32)29(23)15-7-14-28(3)4/h8-13,16,23,30H,5-7,14-15H2,1-4H3/t23-/m1/s1. The van der Waals surface area contributed by atoms with Gasteiger partial charge in [0.25, 0.3) is 11.7 Å². The third kappa shape index (κ3) is 5.39. The number of carbonyl (C=O) groups excluding carboxylic acids is 2. The first-order chi connectivity index (χ1) is 16.3. The molecule has 1 aliphatic rings. The van der Waals surface area contributed by atoms with E-state index in [0.29, 0.717) is 43.2 Å². The number of nitrogens with zero attached hydrogens (tertiary/aromatic N) is 2. The minimum atomic E-state index is -0.818. The van der Waals surface area contributed by atoms with Gasteiger partial charge in [-0.1, -0.05) is 6.07 Å². The molecule has 2 aromatic carbocycles. The van der Waals surface area contributed by atoms with Crippen LogP contribution in [0.25, 0.3) is 5.76 Å². The van der Waals surface area contributed by atoms with Gasteiger partial charge in [0, 0.05) is 12.1 Å². The number of rotatable bonds is 10. The third-order valence-corrected chi connectivity index (χ3v) is 5.55. The molecule has 0 spiro atoms. The van der Waals surface area contributed by atoms with Crippen LogP contribution in [-0.4, -0.2) is 67.0 Å². The minimum Gasteiger partial charge on any atom is -0.507 e. The Balaban J connectivity index is 2.13. The van der Waals surface area contributed by atoms with Crippen LogP contribution >= 0.6 is 0 Å². The van der Waals surface area contributed by atoms with Crippen molar-refractivity contribution in [3.8, 4) is 11.5 Å². The SMILES string of the molecule is CCOc1ccc([C@@H]2C(=C(O)c3ccc(F)cc3)C(=O)C(=O)N2CCCN(C)C)cc1OCC. The molecular formula is C26H31FN2O5. The van der Waals surface area contributed by atoms with Crippen LogP contribution in [0, 0.1) is 5.82 Å². The van der Waals surface area contributed by atoms with Gasteiger partial charge in [0.15, 0.2) is 11.5 Å². The Morgan fingerprint density at radius 3 is 2.29 bits per heavy atom. The second kappa shape index (κ2) is 11.2. The molecule has 7 nitrogen and oxygen atoms in total. The van der Waals surface area contributed by atoms with Crippen molar-refractivity contribution in [2.24, 2.45) is 0 Å². The van der Waals surface area contributed by atoms with Crippen LogP contribution in [0.2, 0.25) is 0 Å². The Morgan fingerprint density at radius 1 is 1.03 bits per heavy atom. The molecule has 1 fully saturated rings. The molecule has 1 saturated heterocycles. The summed E-state index contributed by atoms with van der Waals surface area (Å²) < 4.78 is 24.8. The molecule has 1 aliphatic heterocycles. The highest BCUT2D eigenvalue weighted by Crippen LogP contribution is 2.42. The van der Waals surface area contributed by atoms with Gasteiger partial charge in [-0.15, -0.1) is 0 Å². The molecule has 182 valence electrons. The largest absolute Gasteiger partial charge is 0.507 e. The maximum atomic E-state index is 13.4. The van der Waals surface area contributed by atoms with Gasteiger partial charge in [0.05, 0.1) is 24.8 Å². The van der Waals surface area contributed by atoms with Gasteiger partial charge in [0.2, 0.25) is 0 Å². The second-order valence-electron chi connectivity index (χ2n) is 8.23. The highest BCUT2D eigenvalue weighted by atomic mass is 19.1. The molecule has 1 heterocycles. The van der Waals surface area contributed by atoms with E-state index in [-0.39, 0.29) is 16.9 Å². The zero-order chi connectivity index (χ0) is 24.8. The van der Waals surface area contributed by atoms with E-state index in [1.165, 1.54) is 29.2 Å². The number of Topliss-reactive ketones (excluding diaryl/α,β-unsaturated/α-hetero) is 1. The number of aliphatic hydroxyl groups excluding tert-OH is 1. The number of likely N-dealkylation sites (tertiary alicyclic amines) is 1.